The van der Waals surface area contributed by atoms with Crippen molar-refractivity contribution >= 4 is 65.4 Å². The lowest BCUT2D eigenvalue weighted by Gasteiger charge is -2.17. The number of nitrogens with zero attached hydrogens (tertiary/aromatic N) is 6. The third kappa shape index (κ3) is 5.89. The zero-order valence-corrected chi connectivity index (χ0v) is 20.8. The van der Waals surface area contributed by atoms with Crippen LogP contribution in [0, 0.1) is 0 Å². The normalized spacial score (nSPS) is 11.6. The van der Waals surface area contributed by atoms with Gasteiger partial charge < -0.3 is 9.64 Å². The van der Waals surface area contributed by atoms with Gasteiger partial charge in [0.2, 0.25) is 5.13 Å². The first-order valence-corrected chi connectivity index (χ1v) is 12.5. The van der Waals surface area contributed by atoms with Crippen LogP contribution in [-0.4, -0.2) is 31.2 Å². The number of hydrogen-bond donors (Lipinski definition) is 0. The van der Waals surface area contributed by atoms with Gasteiger partial charge in [0.25, 0.3) is 0 Å². The van der Waals surface area contributed by atoms with Crippen LogP contribution in [0.15, 0.2) is 75.1 Å². The molecular formula is C24H24N6O2S2. The van der Waals surface area contributed by atoms with Crippen molar-refractivity contribution in [2.45, 2.75) is 20.3 Å². The van der Waals surface area contributed by atoms with Crippen molar-refractivity contribution in [3.63, 3.8) is 0 Å². The Bertz CT molecular complexity index is 1280. The number of thiophene rings is 1. The fourth-order valence-corrected chi connectivity index (χ4v) is 4.98. The summed E-state index contributed by atoms with van der Waals surface area (Å²) in [7, 11) is 2.08. The number of aromatic nitrogens is 1. The minimum Gasteiger partial charge on any atom is -0.462 e. The van der Waals surface area contributed by atoms with Gasteiger partial charge >= 0.3 is 5.97 Å². The number of fused-ring (bicyclic) bond motifs is 1. The lowest BCUT2D eigenvalue weighted by molar-refractivity contribution is 0.0526. The highest BCUT2D eigenvalue weighted by molar-refractivity contribution is 7.30. The quantitative estimate of drug-likeness (QED) is 0.174. The molecule has 0 radical (unpaired) electrons. The van der Waals surface area contributed by atoms with Gasteiger partial charge in [0.1, 0.15) is 9.83 Å². The number of anilines is 1. The van der Waals surface area contributed by atoms with Crippen LogP contribution in [0.2, 0.25) is 0 Å². The number of carbonyl (C=O) groups is 1. The average Bonchev–Trinajstić information content (AvgIpc) is 3.41. The Hall–Kier alpha value is -3.50. The maximum absolute atomic E-state index is 11.7. The topological polar surface area (TPSA) is 91.9 Å². The van der Waals surface area contributed by atoms with Crippen LogP contribution in [-0.2, 0) is 4.74 Å². The van der Waals surface area contributed by atoms with Gasteiger partial charge in [0.05, 0.1) is 28.2 Å². The molecule has 0 saturated heterocycles. The van der Waals surface area contributed by atoms with Crippen molar-refractivity contribution in [2.24, 2.45) is 20.5 Å². The fourth-order valence-electron chi connectivity index (χ4n) is 3.13. The maximum Gasteiger partial charge on any atom is 0.338 e. The van der Waals surface area contributed by atoms with E-state index in [0.717, 1.165) is 38.9 Å². The van der Waals surface area contributed by atoms with E-state index < -0.39 is 0 Å². The molecule has 4 rings (SSSR count). The Kier molecular flexibility index (Phi) is 7.71. The van der Waals surface area contributed by atoms with Crippen LogP contribution in [0.5, 0.6) is 0 Å². The SMILES string of the molecule is CCCN(C)c1ccc(N=Nc2nc3sc(N=Nc4ccc(C(=O)OCC)cc4)cc3s2)cc1. The molecule has 2 heterocycles. The molecule has 8 nitrogen and oxygen atoms in total. The highest BCUT2D eigenvalue weighted by atomic mass is 32.1. The lowest BCUT2D eigenvalue weighted by atomic mass is 10.2. The van der Waals surface area contributed by atoms with E-state index in [1.807, 2.05) is 30.3 Å². The molecule has 4 aromatic rings. The number of hydrogen-bond acceptors (Lipinski definition) is 10. The number of rotatable bonds is 9. The molecule has 34 heavy (non-hydrogen) atoms. The summed E-state index contributed by atoms with van der Waals surface area (Å²) in [4.78, 5) is 19.3. The van der Waals surface area contributed by atoms with Crippen LogP contribution < -0.4 is 4.90 Å². The first-order valence-electron chi connectivity index (χ1n) is 10.9. The first-order chi connectivity index (χ1) is 16.6. The molecule has 2 aromatic carbocycles. The van der Waals surface area contributed by atoms with E-state index in [4.69, 9.17) is 4.74 Å². The monoisotopic (exact) mass is 492 g/mol. The van der Waals surface area contributed by atoms with Crippen molar-refractivity contribution in [1.29, 1.82) is 0 Å². The third-order valence-corrected chi connectivity index (χ3v) is 6.74. The van der Waals surface area contributed by atoms with Gasteiger partial charge in [-0.15, -0.1) is 20.5 Å². The van der Waals surface area contributed by atoms with Crippen LogP contribution in [0.1, 0.15) is 30.6 Å². The summed E-state index contributed by atoms with van der Waals surface area (Å²) < 4.78 is 5.97. The van der Waals surface area contributed by atoms with E-state index in [1.54, 1.807) is 31.2 Å². The van der Waals surface area contributed by atoms with E-state index in [2.05, 4.69) is 44.3 Å². The Labute approximate surface area is 205 Å². The second-order valence-electron chi connectivity index (χ2n) is 7.36. The molecule has 0 fully saturated rings. The second-order valence-corrected chi connectivity index (χ2v) is 9.37. The standard InChI is InChI=1S/C24H24N6O2S2/c1-4-14-30(3)19-12-10-18(11-13-19)27-29-24-25-22-20(33-24)15-21(34-22)28-26-17-8-6-16(7-9-17)23(31)32-5-2/h6-13,15H,4-5,14H2,1-3H3. The van der Waals surface area contributed by atoms with Gasteiger partial charge in [-0.25, -0.2) is 9.78 Å². The number of azo groups is 2. The molecule has 0 bridgehead atoms. The summed E-state index contributed by atoms with van der Waals surface area (Å²) in [5.74, 6) is -0.347. The largest absolute Gasteiger partial charge is 0.462 e. The summed E-state index contributed by atoms with van der Waals surface area (Å²) in [5.41, 5.74) is 3.09. The van der Waals surface area contributed by atoms with Gasteiger partial charge in [0.15, 0.2) is 0 Å². The van der Waals surface area contributed by atoms with Crippen LogP contribution in [0.3, 0.4) is 0 Å². The van der Waals surface area contributed by atoms with Crippen molar-refractivity contribution in [1.82, 2.24) is 4.98 Å². The lowest BCUT2D eigenvalue weighted by Crippen LogP contribution is -2.17. The molecule has 0 aliphatic rings. The minimum atomic E-state index is -0.347. The molecule has 0 aliphatic heterocycles. The molecule has 10 heteroatoms. The number of ether oxygens (including phenoxy) is 1. The highest BCUT2D eigenvalue weighted by Crippen LogP contribution is 2.39. The zero-order chi connectivity index (χ0) is 23.9. The summed E-state index contributed by atoms with van der Waals surface area (Å²) in [6.45, 7) is 5.30. The Balaban J connectivity index is 1.39. The molecule has 174 valence electrons. The van der Waals surface area contributed by atoms with Gasteiger partial charge in [-0.2, -0.15) is 0 Å². The van der Waals surface area contributed by atoms with Gasteiger partial charge in [-0.3, -0.25) is 0 Å². The maximum atomic E-state index is 11.7. The molecule has 0 unspecified atom stereocenters. The number of esters is 1. The predicted octanol–water partition coefficient (Wildman–Crippen LogP) is 8.21. The van der Waals surface area contributed by atoms with E-state index in [1.165, 1.54) is 22.7 Å². The molecule has 0 spiro atoms. The predicted molar refractivity (Wildman–Crippen MR) is 138 cm³/mol. The minimum absolute atomic E-state index is 0.344. The Morgan fingerprint density at radius 2 is 1.62 bits per heavy atom. The molecule has 0 aliphatic carbocycles. The van der Waals surface area contributed by atoms with Crippen LogP contribution in [0.25, 0.3) is 9.53 Å². The van der Waals surface area contributed by atoms with E-state index in [-0.39, 0.29) is 5.97 Å². The number of carbonyl (C=O) groups excluding carboxylic acids is 1. The second kappa shape index (κ2) is 11.1. The van der Waals surface area contributed by atoms with Crippen LogP contribution >= 0.6 is 22.7 Å². The molecule has 0 atom stereocenters. The van der Waals surface area contributed by atoms with Crippen LogP contribution in [0.4, 0.5) is 27.2 Å². The van der Waals surface area contributed by atoms with Crippen molar-refractivity contribution < 1.29 is 9.53 Å². The van der Waals surface area contributed by atoms with Gasteiger partial charge in [0, 0.05) is 19.3 Å². The van der Waals surface area contributed by atoms with Crippen molar-refractivity contribution in [3.05, 3.63) is 60.2 Å². The molecule has 0 saturated carbocycles. The Morgan fingerprint density at radius 1 is 0.941 bits per heavy atom. The van der Waals surface area contributed by atoms with E-state index in [9.17, 15) is 4.79 Å². The molecule has 0 N–H and O–H groups in total. The molecule has 2 aromatic heterocycles. The van der Waals surface area contributed by atoms with E-state index in [0.29, 0.717) is 23.0 Å². The van der Waals surface area contributed by atoms with Crippen molar-refractivity contribution in [2.75, 3.05) is 25.1 Å². The fraction of sp³-hybridized carbons (Fsp3) is 0.250. The smallest absolute Gasteiger partial charge is 0.338 e. The highest BCUT2D eigenvalue weighted by Gasteiger charge is 2.09. The zero-order valence-electron chi connectivity index (χ0n) is 19.1. The first kappa shape index (κ1) is 23.7. The summed E-state index contributed by atoms with van der Waals surface area (Å²) in [5, 5.41) is 18.5. The molecular weight excluding hydrogens is 468 g/mol. The molecule has 0 amide bonds. The average molecular weight is 493 g/mol. The van der Waals surface area contributed by atoms with Gasteiger partial charge in [-0.05, 0) is 67.9 Å². The van der Waals surface area contributed by atoms with Crippen molar-refractivity contribution in [3.8, 4) is 0 Å². The summed E-state index contributed by atoms with van der Waals surface area (Å²) >= 11 is 2.90. The third-order valence-electron chi connectivity index (χ3n) is 4.81. The summed E-state index contributed by atoms with van der Waals surface area (Å²) in [6.07, 6.45) is 1.10. The summed E-state index contributed by atoms with van der Waals surface area (Å²) in [6, 6.07) is 16.8. The van der Waals surface area contributed by atoms with E-state index >= 15 is 0 Å². The number of benzene rings is 2. The number of thiazole rings is 1. The van der Waals surface area contributed by atoms with Gasteiger partial charge in [-0.1, -0.05) is 29.6 Å². The Morgan fingerprint density at radius 3 is 2.26 bits per heavy atom.